The van der Waals surface area contributed by atoms with Crippen molar-refractivity contribution in [1.29, 1.82) is 0 Å². The molecule has 0 fully saturated rings. The van der Waals surface area contributed by atoms with Gasteiger partial charge in [0.2, 0.25) is 0 Å². The summed E-state index contributed by atoms with van der Waals surface area (Å²) in [5.74, 6) is 5.10. The van der Waals surface area contributed by atoms with E-state index in [1.165, 1.54) is 25.3 Å². The van der Waals surface area contributed by atoms with Crippen LogP contribution in [0.5, 0.6) is 5.75 Å². The van der Waals surface area contributed by atoms with Crippen LogP contribution < -0.4 is 16.0 Å². The Morgan fingerprint density at radius 1 is 1.15 bits per heavy atom. The van der Waals surface area contributed by atoms with Crippen molar-refractivity contribution in [3.63, 3.8) is 0 Å². The Morgan fingerprint density at radius 2 is 1.85 bits per heavy atom. The van der Waals surface area contributed by atoms with Crippen LogP contribution in [0.1, 0.15) is 17.2 Å². The van der Waals surface area contributed by atoms with Gasteiger partial charge in [0.25, 0.3) is 0 Å². The smallest absolute Gasteiger partial charge is 0.132 e. The van der Waals surface area contributed by atoms with Gasteiger partial charge in [-0.15, -0.1) is 0 Å². The summed E-state index contributed by atoms with van der Waals surface area (Å²) in [6.45, 7) is 0. The zero-order chi connectivity index (χ0) is 14.7. The van der Waals surface area contributed by atoms with Crippen molar-refractivity contribution in [2.75, 3.05) is 7.11 Å². The average Bonchev–Trinajstić information content (AvgIpc) is 2.43. The molecule has 1 atom stereocenters. The molecular formula is C14H13BrF2N2O. The van der Waals surface area contributed by atoms with Gasteiger partial charge in [0.1, 0.15) is 17.4 Å². The molecule has 2 aromatic rings. The molecule has 0 saturated heterocycles. The summed E-state index contributed by atoms with van der Waals surface area (Å²) in [5.41, 5.74) is 3.52. The highest BCUT2D eigenvalue weighted by atomic mass is 79.9. The SMILES string of the molecule is COc1ccc(C(NN)c2ccc(F)cc2Br)c(F)c1. The highest BCUT2D eigenvalue weighted by molar-refractivity contribution is 9.10. The van der Waals surface area contributed by atoms with Gasteiger partial charge in [-0.25, -0.2) is 14.2 Å². The van der Waals surface area contributed by atoms with Crippen LogP contribution in [0.15, 0.2) is 40.9 Å². The van der Waals surface area contributed by atoms with Crippen molar-refractivity contribution in [3.05, 3.63) is 63.6 Å². The Balaban J connectivity index is 2.47. The second kappa shape index (κ2) is 6.30. The zero-order valence-corrected chi connectivity index (χ0v) is 12.2. The van der Waals surface area contributed by atoms with Crippen molar-refractivity contribution >= 4 is 15.9 Å². The summed E-state index contributed by atoms with van der Waals surface area (Å²) < 4.78 is 32.7. The first-order chi connectivity index (χ1) is 9.56. The maximum absolute atomic E-state index is 14.1. The monoisotopic (exact) mass is 342 g/mol. The number of hydrogen-bond donors (Lipinski definition) is 2. The zero-order valence-electron chi connectivity index (χ0n) is 10.7. The minimum Gasteiger partial charge on any atom is -0.497 e. The van der Waals surface area contributed by atoms with E-state index in [4.69, 9.17) is 10.6 Å². The van der Waals surface area contributed by atoms with Gasteiger partial charge in [-0.3, -0.25) is 5.84 Å². The third-order valence-corrected chi connectivity index (χ3v) is 3.65. The van der Waals surface area contributed by atoms with Gasteiger partial charge in [0.15, 0.2) is 0 Å². The third kappa shape index (κ3) is 2.98. The maximum Gasteiger partial charge on any atom is 0.132 e. The van der Waals surface area contributed by atoms with E-state index < -0.39 is 11.9 Å². The number of benzene rings is 2. The summed E-state index contributed by atoms with van der Waals surface area (Å²) in [7, 11) is 1.46. The average molecular weight is 343 g/mol. The fourth-order valence-corrected chi connectivity index (χ4v) is 2.53. The van der Waals surface area contributed by atoms with Crippen molar-refractivity contribution in [1.82, 2.24) is 5.43 Å². The number of nitrogens with one attached hydrogen (secondary N) is 1. The van der Waals surface area contributed by atoms with Crippen LogP contribution in [-0.4, -0.2) is 7.11 Å². The van der Waals surface area contributed by atoms with E-state index in [1.54, 1.807) is 18.2 Å². The molecule has 3 N–H and O–H groups in total. The first-order valence-corrected chi connectivity index (χ1v) is 6.60. The Kier molecular flexibility index (Phi) is 4.69. The Labute approximate surface area is 123 Å². The van der Waals surface area contributed by atoms with E-state index in [1.807, 2.05) is 0 Å². The fourth-order valence-electron chi connectivity index (χ4n) is 1.95. The van der Waals surface area contributed by atoms with Gasteiger partial charge >= 0.3 is 0 Å². The normalized spacial score (nSPS) is 12.2. The standard InChI is InChI=1S/C14H13BrF2N2O/c1-20-9-3-5-11(13(17)7-9)14(19-18)10-4-2-8(16)6-12(10)15/h2-7,14,19H,18H2,1H3. The molecule has 20 heavy (non-hydrogen) atoms. The van der Waals surface area contributed by atoms with Gasteiger partial charge in [0.05, 0.1) is 13.2 Å². The lowest BCUT2D eigenvalue weighted by Crippen LogP contribution is -2.29. The predicted molar refractivity (Wildman–Crippen MR) is 76.2 cm³/mol. The summed E-state index contributed by atoms with van der Waals surface area (Å²) in [4.78, 5) is 0. The van der Waals surface area contributed by atoms with Crippen molar-refractivity contribution in [2.24, 2.45) is 5.84 Å². The molecule has 0 radical (unpaired) electrons. The van der Waals surface area contributed by atoms with Crippen molar-refractivity contribution < 1.29 is 13.5 Å². The molecular weight excluding hydrogens is 330 g/mol. The molecule has 2 aromatic carbocycles. The van der Waals surface area contributed by atoms with Gasteiger partial charge in [-0.1, -0.05) is 28.1 Å². The Morgan fingerprint density at radius 3 is 2.40 bits per heavy atom. The van der Waals surface area contributed by atoms with E-state index in [9.17, 15) is 8.78 Å². The molecule has 0 saturated carbocycles. The second-order valence-electron chi connectivity index (χ2n) is 4.15. The first-order valence-electron chi connectivity index (χ1n) is 5.81. The number of ether oxygens (including phenoxy) is 1. The van der Waals surface area contributed by atoms with Gasteiger partial charge < -0.3 is 4.74 Å². The van der Waals surface area contributed by atoms with E-state index in [-0.39, 0.29) is 5.82 Å². The maximum atomic E-state index is 14.1. The largest absolute Gasteiger partial charge is 0.497 e. The highest BCUT2D eigenvalue weighted by Gasteiger charge is 2.19. The highest BCUT2D eigenvalue weighted by Crippen LogP contribution is 2.31. The molecule has 0 aliphatic carbocycles. The fraction of sp³-hybridized carbons (Fsp3) is 0.143. The molecule has 0 bridgehead atoms. The molecule has 0 aliphatic heterocycles. The number of methoxy groups -OCH3 is 1. The summed E-state index contributed by atoms with van der Waals surface area (Å²) in [5, 5.41) is 0. The molecule has 6 heteroatoms. The molecule has 2 rings (SSSR count). The quantitative estimate of drug-likeness (QED) is 0.662. The lowest BCUT2D eigenvalue weighted by atomic mass is 9.98. The van der Waals surface area contributed by atoms with Crippen LogP contribution in [0, 0.1) is 11.6 Å². The molecule has 3 nitrogen and oxygen atoms in total. The van der Waals surface area contributed by atoms with Gasteiger partial charge in [-0.05, 0) is 23.8 Å². The number of rotatable bonds is 4. The number of hydrazine groups is 1. The van der Waals surface area contributed by atoms with E-state index in [2.05, 4.69) is 21.4 Å². The van der Waals surface area contributed by atoms with Crippen LogP contribution in [0.3, 0.4) is 0 Å². The minimum absolute atomic E-state index is 0.348. The van der Waals surface area contributed by atoms with E-state index >= 15 is 0 Å². The topological polar surface area (TPSA) is 47.3 Å². The van der Waals surface area contributed by atoms with Crippen LogP contribution in [0.25, 0.3) is 0 Å². The van der Waals surface area contributed by atoms with Crippen molar-refractivity contribution in [2.45, 2.75) is 6.04 Å². The van der Waals surface area contributed by atoms with Crippen molar-refractivity contribution in [3.8, 4) is 5.75 Å². The van der Waals surface area contributed by atoms with Crippen LogP contribution in [-0.2, 0) is 0 Å². The molecule has 0 spiro atoms. The molecule has 0 heterocycles. The molecule has 0 aliphatic rings. The number of halogens is 3. The Bertz CT molecular complexity index is 622. The lowest BCUT2D eigenvalue weighted by Gasteiger charge is -2.19. The van der Waals surface area contributed by atoms with Crippen LogP contribution in [0.2, 0.25) is 0 Å². The summed E-state index contributed by atoms with van der Waals surface area (Å²) >= 11 is 3.26. The van der Waals surface area contributed by atoms with Crippen LogP contribution in [0.4, 0.5) is 8.78 Å². The molecule has 1 unspecified atom stereocenters. The number of hydrogen-bond acceptors (Lipinski definition) is 3. The summed E-state index contributed by atoms with van der Waals surface area (Å²) in [6.07, 6.45) is 0. The number of nitrogens with two attached hydrogens (primary N) is 1. The Hall–Kier alpha value is -1.50. The van der Waals surface area contributed by atoms with Gasteiger partial charge in [0, 0.05) is 16.1 Å². The minimum atomic E-state index is -0.601. The lowest BCUT2D eigenvalue weighted by molar-refractivity contribution is 0.410. The third-order valence-electron chi connectivity index (χ3n) is 2.96. The van der Waals surface area contributed by atoms with Gasteiger partial charge in [-0.2, -0.15) is 0 Å². The first kappa shape index (κ1) is 14.9. The predicted octanol–water partition coefficient (Wildman–Crippen LogP) is 3.29. The summed E-state index contributed by atoms with van der Waals surface area (Å²) in [6, 6.07) is 8.04. The van der Waals surface area contributed by atoms with Crippen LogP contribution >= 0.6 is 15.9 Å². The second-order valence-corrected chi connectivity index (χ2v) is 5.01. The molecule has 106 valence electrons. The van der Waals surface area contributed by atoms with E-state index in [0.717, 1.165) is 0 Å². The molecule has 0 amide bonds. The molecule has 0 aromatic heterocycles. The van der Waals surface area contributed by atoms with E-state index in [0.29, 0.717) is 21.3 Å².